The van der Waals surface area contributed by atoms with Crippen molar-refractivity contribution in [1.29, 1.82) is 0 Å². The van der Waals surface area contributed by atoms with Gasteiger partial charge in [0, 0.05) is 6.42 Å². The second-order valence-corrected chi connectivity index (χ2v) is 6.53. The zero-order chi connectivity index (χ0) is 14.1. The number of hydrogen-bond donors (Lipinski definition) is 3. The van der Waals surface area contributed by atoms with Crippen LogP contribution in [-0.2, 0) is 16.4 Å². The van der Waals surface area contributed by atoms with Crippen LogP contribution in [0.2, 0.25) is 0 Å². The minimum absolute atomic E-state index is 0.102. The molecule has 0 saturated carbocycles. The van der Waals surface area contributed by atoms with Gasteiger partial charge < -0.3 is 14.9 Å². The van der Waals surface area contributed by atoms with E-state index < -0.39 is 28.8 Å². The second-order valence-electron chi connectivity index (χ2n) is 4.85. The maximum atomic E-state index is 12.2. The largest absolute Gasteiger partial charge is 0.493 e. The Hall–Kier alpha value is -1.15. The number of aliphatic hydroxyl groups is 2. The van der Waals surface area contributed by atoms with Crippen LogP contribution in [0.5, 0.6) is 5.75 Å². The van der Waals surface area contributed by atoms with Crippen LogP contribution in [0.1, 0.15) is 12.5 Å². The number of hydrogen-bond acceptors (Lipinski definition) is 5. The molecule has 3 N–H and O–H groups in total. The molecule has 2 rings (SSSR count). The Balaban J connectivity index is 2.30. The molecule has 7 heteroatoms. The van der Waals surface area contributed by atoms with E-state index in [1.165, 1.54) is 13.0 Å². The number of sulfonamides is 1. The van der Waals surface area contributed by atoms with E-state index in [1.54, 1.807) is 12.1 Å². The van der Waals surface area contributed by atoms with Gasteiger partial charge in [0.25, 0.3) is 0 Å². The van der Waals surface area contributed by atoms with Gasteiger partial charge in [0.15, 0.2) is 0 Å². The highest BCUT2D eigenvalue weighted by Gasteiger charge is 2.30. The van der Waals surface area contributed by atoms with Crippen LogP contribution in [0.15, 0.2) is 23.1 Å². The van der Waals surface area contributed by atoms with E-state index in [9.17, 15) is 8.42 Å². The first-order valence-corrected chi connectivity index (χ1v) is 7.40. The molecule has 0 fully saturated rings. The van der Waals surface area contributed by atoms with Crippen molar-refractivity contribution < 1.29 is 23.4 Å². The fourth-order valence-corrected chi connectivity index (χ4v) is 3.27. The van der Waals surface area contributed by atoms with Crippen LogP contribution in [0, 0.1) is 0 Å². The highest BCUT2D eigenvalue weighted by Crippen LogP contribution is 2.27. The summed E-state index contributed by atoms with van der Waals surface area (Å²) in [6.07, 6.45) is 0.677. The maximum Gasteiger partial charge on any atom is 0.241 e. The molecule has 19 heavy (non-hydrogen) atoms. The maximum absolute atomic E-state index is 12.2. The fourth-order valence-electron chi connectivity index (χ4n) is 1.83. The van der Waals surface area contributed by atoms with Crippen LogP contribution in [0.4, 0.5) is 0 Å². The summed E-state index contributed by atoms with van der Waals surface area (Å²) in [7, 11) is -3.79. The first kappa shape index (κ1) is 14.3. The average Bonchev–Trinajstić information content (AvgIpc) is 2.85. The molecule has 1 aromatic rings. The fraction of sp³-hybridized carbons (Fsp3) is 0.500. The number of nitrogens with one attached hydrogen (secondary N) is 1. The van der Waals surface area contributed by atoms with Crippen LogP contribution in [0.3, 0.4) is 0 Å². The molecule has 1 aromatic carbocycles. The third-order valence-corrected chi connectivity index (χ3v) is 4.69. The van der Waals surface area contributed by atoms with Crippen molar-refractivity contribution in [2.24, 2.45) is 0 Å². The van der Waals surface area contributed by atoms with E-state index in [0.29, 0.717) is 18.8 Å². The molecular formula is C12H17NO5S. The van der Waals surface area contributed by atoms with Crippen LogP contribution in [-0.4, -0.2) is 44.0 Å². The van der Waals surface area contributed by atoms with Gasteiger partial charge >= 0.3 is 0 Å². The third-order valence-electron chi connectivity index (χ3n) is 3.05. The Morgan fingerprint density at radius 2 is 2.05 bits per heavy atom. The molecule has 0 amide bonds. The number of rotatable bonds is 5. The molecule has 0 unspecified atom stereocenters. The smallest absolute Gasteiger partial charge is 0.241 e. The summed E-state index contributed by atoms with van der Waals surface area (Å²) in [6.45, 7) is 1.01. The van der Waals surface area contributed by atoms with E-state index in [-0.39, 0.29) is 4.90 Å². The second kappa shape index (κ2) is 5.09. The molecule has 0 radical (unpaired) electrons. The average molecular weight is 287 g/mol. The van der Waals surface area contributed by atoms with E-state index in [2.05, 4.69) is 4.72 Å². The van der Waals surface area contributed by atoms with Crippen molar-refractivity contribution in [3.05, 3.63) is 23.8 Å². The molecule has 0 atom stereocenters. The number of ether oxygens (including phenoxy) is 1. The molecule has 1 aliphatic heterocycles. The molecule has 0 saturated heterocycles. The Bertz CT molecular complexity index is 565. The van der Waals surface area contributed by atoms with Crippen LogP contribution in [0.25, 0.3) is 0 Å². The SMILES string of the molecule is CC(CO)(CO)NS(=O)(=O)c1ccc2c(c1)CCO2. The van der Waals surface area contributed by atoms with Gasteiger partial charge in [0.05, 0.1) is 30.3 Å². The summed E-state index contributed by atoms with van der Waals surface area (Å²) < 4.78 is 32.0. The van der Waals surface area contributed by atoms with Gasteiger partial charge in [0.2, 0.25) is 10.0 Å². The molecule has 0 spiro atoms. The van der Waals surface area contributed by atoms with Gasteiger partial charge in [-0.3, -0.25) is 0 Å². The van der Waals surface area contributed by atoms with Crippen molar-refractivity contribution in [2.75, 3.05) is 19.8 Å². The Kier molecular flexibility index (Phi) is 3.82. The zero-order valence-corrected chi connectivity index (χ0v) is 11.4. The van der Waals surface area contributed by atoms with Gasteiger partial charge in [-0.25, -0.2) is 13.1 Å². The molecule has 0 bridgehead atoms. The summed E-state index contributed by atoms with van der Waals surface area (Å²) in [5.41, 5.74) is -0.438. The quantitative estimate of drug-likeness (QED) is 0.687. The van der Waals surface area contributed by atoms with Crippen LogP contribution < -0.4 is 9.46 Å². The van der Waals surface area contributed by atoms with Crippen molar-refractivity contribution >= 4 is 10.0 Å². The highest BCUT2D eigenvalue weighted by atomic mass is 32.2. The predicted molar refractivity (Wildman–Crippen MR) is 68.5 cm³/mol. The van der Waals surface area contributed by atoms with Crippen molar-refractivity contribution in [3.8, 4) is 5.75 Å². The monoisotopic (exact) mass is 287 g/mol. The van der Waals surface area contributed by atoms with Gasteiger partial charge in [-0.1, -0.05) is 0 Å². The first-order chi connectivity index (χ1) is 8.90. The lowest BCUT2D eigenvalue weighted by Gasteiger charge is -2.25. The minimum Gasteiger partial charge on any atom is -0.493 e. The first-order valence-electron chi connectivity index (χ1n) is 5.92. The third kappa shape index (κ3) is 2.89. The van der Waals surface area contributed by atoms with E-state index in [1.807, 2.05) is 0 Å². The number of fused-ring (bicyclic) bond motifs is 1. The minimum atomic E-state index is -3.79. The van der Waals surface area contributed by atoms with Gasteiger partial charge in [-0.15, -0.1) is 0 Å². The number of aliphatic hydroxyl groups excluding tert-OH is 2. The van der Waals surface area contributed by atoms with E-state index in [4.69, 9.17) is 14.9 Å². The molecule has 1 aliphatic rings. The summed E-state index contributed by atoms with van der Waals surface area (Å²) in [4.78, 5) is 0.102. The summed E-state index contributed by atoms with van der Waals surface area (Å²) >= 11 is 0. The zero-order valence-electron chi connectivity index (χ0n) is 10.6. The van der Waals surface area contributed by atoms with Crippen molar-refractivity contribution in [1.82, 2.24) is 4.72 Å². The van der Waals surface area contributed by atoms with E-state index >= 15 is 0 Å². The lowest BCUT2D eigenvalue weighted by Crippen LogP contribution is -2.51. The Morgan fingerprint density at radius 3 is 2.68 bits per heavy atom. The van der Waals surface area contributed by atoms with Crippen molar-refractivity contribution in [2.45, 2.75) is 23.8 Å². The Labute approximate surface area is 112 Å². The van der Waals surface area contributed by atoms with Gasteiger partial charge in [0.1, 0.15) is 5.75 Å². The summed E-state index contributed by atoms with van der Waals surface area (Å²) in [5, 5.41) is 18.3. The highest BCUT2D eigenvalue weighted by molar-refractivity contribution is 7.89. The predicted octanol–water partition coefficient (Wildman–Crippen LogP) is -0.357. The standard InChI is InChI=1S/C12H17NO5S/c1-12(7-14,8-15)13-19(16,17)10-2-3-11-9(6-10)4-5-18-11/h2-3,6,13-15H,4-5,7-8H2,1H3. The summed E-state index contributed by atoms with van der Waals surface area (Å²) in [6, 6.07) is 4.62. The van der Waals surface area contributed by atoms with Gasteiger partial charge in [-0.2, -0.15) is 0 Å². The molecule has 0 aromatic heterocycles. The molecule has 0 aliphatic carbocycles. The van der Waals surface area contributed by atoms with Crippen LogP contribution >= 0.6 is 0 Å². The molecule has 6 nitrogen and oxygen atoms in total. The lowest BCUT2D eigenvalue weighted by molar-refractivity contribution is 0.122. The molecule has 1 heterocycles. The molecule has 106 valence electrons. The van der Waals surface area contributed by atoms with Crippen molar-refractivity contribution in [3.63, 3.8) is 0 Å². The number of benzene rings is 1. The Morgan fingerprint density at radius 1 is 1.37 bits per heavy atom. The lowest BCUT2D eigenvalue weighted by atomic mass is 10.1. The van der Waals surface area contributed by atoms with E-state index in [0.717, 1.165) is 5.56 Å². The summed E-state index contributed by atoms with van der Waals surface area (Å²) in [5.74, 6) is 0.700. The topological polar surface area (TPSA) is 95.9 Å². The molecular weight excluding hydrogens is 270 g/mol. The normalized spacial score (nSPS) is 15.1. The van der Waals surface area contributed by atoms with Gasteiger partial charge in [-0.05, 0) is 30.7 Å².